The summed E-state index contributed by atoms with van der Waals surface area (Å²) in [6, 6.07) is 0.458. The van der Waals surface area contributed by atoms with Gasteiger partial charge in [-0.2, -0.15) is 0 Å². The zero-order chi connectivity index (χ0) is 12.0. The van der Waals surface area contributed by atoms with Gasteiger partial charge in [-0.3, -0.25) is 0 Å². The highest BCUT2D eigenvalue weighted by atomic mass is 16.5. The number of carbonyl (C=O) groups is 1. The van der Waals surface area contributed by atoms with E-state index in [1.807, 2.05) is 0 Å². The fraction of sp³-hybridized carbons (Fsp3) is 0.909. The maximum absolute atomic E-state index is 10.4. The number of likely N-dealkylation sites (tertiary alicyclic amines) is 1. The van der Waals surface area contributed by atoms with Crippen LogP contribution in [0.1, 0.15) is 19.8 Å². The van der Waals surface area contributed by atoms with E-state index < -0.39 is 6.09 Å². The highest BCUT2D eigenvalue weighted by molar-refractivity contribution is 5.64. The first-order valence-corrected chi connectivity index (χ1v) is 5.93. The standard InChI is InChI=1S/C11H23N3O2/c1-9(13-5-7-16-11(12)15)10-4-3-6-14(2)8-10/h9-10,13H,3-8H2,1-2H3,(H2,12,15). The van der Waals surface area contributed by atoms with Crippen LogP contribution in [0.2, 0.25) is 0 Å². The van der Waals surface area contributed by atoms with Crippen molar-refractivity contribution < 1.29 is 9.53 Å². The average Bonchev–Trinajstić information content (AvgIpc) is 2.24. The van der Waals surface area contributed by atoms with Crippen molar-refractivity contribution in [1.82, 2.24) is 10.2 Å². The largest absolute Gasteiger partial charge is 0.448 e. The number of nitrogens with one attached hydrogen (secondary N) is 1. The molecule has 1 aliphatic heterocycles. The quantitative estimate of drug-likeness (QED) is 0.670. The van der Waals surface area contributed by atoms with Crippen molar-refractivity contribution in [1.29, 1.82) is 0 Å². The molecule has 1 amide bonds. The Bertz CT molecular complexity index is 223. The molecule has 1 fully saturated rings. The van der Waals surface area contributed by atoms with Gasteiger partial charge in [0.25, 0.3) is 0 Å². The molecular weight excluding hydrogens is 206 g/mol. The molecule has 16 heavy (non-hydrogen) atoms. The highest BCUT2D eigenvalue weighted by Crippen LogP contribution is 2.18. The second kappa shape index (κ2) is 6.70. The summed E-state index contributed by atoms with van der Waals surface area (Å²) in [4.78, 5) is 12.7. The fourth-order valence-electron chi connectivity index (χ4n) is 2.22. The highest BCUT2D eigenvalue weighted by Gasteiger charge is 2.22. The molecule has 5 nitrogen and oxygen atoms in total. The number of nitrogens with two attached hydrogens (primary N) is 1. The first-order valence-electron chi connectivity index (χ1n) is 5.93. The summed E-state index contributed by atoms with van der Waals surface area (Å²) in [7, 11) is 2.16. The summed E-state index contributed by atoms with van der Waals surface area (Å²) in [5, 5.41) is 3.37. The van der Waals surface area contributed by atoms with Gasteiger partial charge in [0.05, 0.1) is 0 Å². The summed E-state index contributed by atoms with van der Waals surface area (Å²) in [6.07, 6.45) is 1.84. The SMILES string of the molecule is CC(NCCOC(N)=O)C1CCCN(C)C1. The summed E-state index contributed by atoms with van der Waals surface area (Å²) in [6.45, 7) is 5.56. The van der Waals surface area contributed by atoms with Crippen LogP contribution in [0, 0.1) is 5.92 Å². The molecule has 1 saturated heterocycles. The Kier molecular flexibility index (Phi) is 5.55. The molecule has 94 valence electrons. The third kappa shape index (κ3) is 4.81. The number of nitrogens with zero attached hydrogens (tertiary/aromatic N) is 1. The van der Waals surface area contributed by atoms with Crippen molar-refractivity contribution in [2.24, 2.45) is 11.7 Å². The van der Waals surface area contributed by atoms with Crippen LogP contribution in [-0.2, 0) is 4.74 Å². The van der Waals surface area contributed by atoms with Gasteiger partial charge in [0.2, 0.25) is 0 Å². The number of ether oxygens (including phenoxy) is 1. The van der Waals surface area contributed by atoms with Crippen LogP contribution >= 0.6 is 0 Å². The van der Waals surface area contributed by atoms with Gasteiger partial charge in [-0.05, 0) is 39.3 Å². The van der Waals surface area contributed by atoms with Gasteiger partial charge >= 0.3 is 6.09 Å². The van der Waals surface area contributed by atoms with E-state index in [2.05, 4.69) is 28.9 Å². The minimum Gasteiger partial charge on any atom is -0.448 e. The van der Waals surface area contributed by atoms with E-state index in [4.69, 9.17) is 5.73 Å². The van der Waals surface area contributed by atoms with Gasteiger partial charge < -0.3 is 20.7 Å². The monoisotopic (exact) mass is 229 g/mol. The van der Waals surface area contributed by atoms with Crippen LogP contribution in [0.25, 0.3) is 0 Å². The van der Waals surface area contributed by atoms with Crippen LogP contribution in [0.15, 0.2) is 0 Å². The Morgan fingerprint density at radius 3 is 3.06 bits per heavy atom. The molecule has 0 aromatic carbocycles. The molecule has 0 spiro atoms. The lowest BCUT2D eigenvalue weighted by molar-refractivity contribution is 0.148. The predicted octanol–water partition coefficient (Wildman–Crippen LogP) is 0.402. The molecule has 0 radical (unpaired) electrons. The third-order valence-electron chi connectivity index (χ3n) is 3.18. The molecule has 0 aromatic heterocycles. The van der Waals surface area contributed by atoms with Gasteiger partial charge in [-0.15, -0.1) is 0 Å². The molecule has 1 heterocycles. The minimum absolute atomic E-state index is 0.349. The van der Waals surface area contributed by atoms with E-state index >= 15 is 0 Å². The van der Waals surface area contributed by atoms with Gasteiger partial charge in [0.15, 0.2) is 0 Å². The second-order valence-electron chi connectivity index (χ2n) is 4.57. The summed E-state index contributed by atoms with van der Waals surface area (Å²) in [5.74, 6) is 0.687. The van der Waals surface area contributed by atoms with Crippen LogP contribution in [-0.4, -0.2) is 50.3 Å². The second-order valence-corrected chi connectivity index (χ2v) is 4.57. The summed E-state index contributed by atoms with van der Waals surface area (Å²) in [5.41, 5.74) is 4.87. The van der Waals surface area contributed by atoms with Crippen molar-refractivity contribution in [3.63, 3.8) is 0 Å². The maximum Gasteiger partial charge on any atom is 0.404 e. The van der Waals surface area contributed by atoms with E-state index in [1.54, 1.807) is 0 Å². The number of hydrogen-bond donors (Lipinski definition) is 2. The van der Waals surface area contributed by atoms with E-state index in [0.717, 1.165) is 6.54 Å². The average molecular weight is 229 g/mol. The molecule has 1 rings (SSSR count). The van der Waals surface area contributed by atoms with E-state index in [9.17, 15) is 4.79 Å². The molecular formula is C11H23N3O2. The van der Waals surface area contributed by atoms with Crippen LogP contribution in [0.3, 0.4) is 0 Å². The lowest BCUT2D eigenvalue weighted by Crippen LogP contribution is -2.44. The Hall–Kier alpha value is -0.810. The molecule has 5 heteroatoms. The normalized spacial score (nSPS) is 24.0. The molecule has 2 atom stereocenters. The molecule has 0 aliphatic carbocycles. The van der Waals surface area contributed by atoms with Crippen LogP contribution in [0.5, 0.6) is 0 Å². The Balaban J connectivity index is 2.13. The number of piperidine rings is 1. The van der Waals surface area contributed by atoms with Gasteiger partial charge in [-0.1, -0.05) is 0 Å². The molecule has 0 aromatic rings. The fourth-order valence-corrected chi connectivity index (χ4v) is 2.22. The van der Waals surface area contributed by atoms with Crippen molar-refractivity contribution in [3.05, 3.63) is 0 Å². The van der Waals surface area contributed by atoms with E-state index in [1.165, 1.54) is 19.4 Å². The number of rotatable bonds is 5. The summed E-state index contributed by atoms with van der Waals surface area (Å²) < 4.78 is 4.67. The molecule has 3 N–H and O–H groups in total. The Morgan fingerprint density at radius 2 is 2.44 bits per heavy atom. The topological polar surface area (TPSA) is 67.6 Å². The first kappa shape index (κ1) is 13.3. The molecule has 0 saturated carbocycles. The van der Waals surface area contributed by atoms with Crippen molar-refractivity contribution in [3.8, 4) is 0 Å². The molecule has 2 unspecified atom stereocenters. The first-order chi connectivity index (χ1) is 7.59. The lowest BCUT2D eigenvalue weighted by atomic mass is 9.92. The number of hydrogen-bond acceptors (Lipinski definition) is 4. The lowest BCUT2D eigenvalue weighted by Gasteiger charge is -2.33. The predicted molar refractivity (Wildman–Crippen MR) is 63.2 cm³/mol. The van der Waals surface area contributed by atoms with E-state index in [0.29, 0.717) is 25.1 Å². The smallest absolute Gasteiger partial charge is 0.404 e. The van der Waals surface area contributed by atoms with Crippen LogP contribution in [0.4, 0.5) is 4.79 Å². The van der Waals surface area contributed by atoms with Crippen LogP contribution < -0.4 is 11.1 Å². The van der Waals surface area contributed by atoms with Gasteiger partial charge in [0, 0.05) is 19.1 Å². The van der Waals surface area contributed by atoms with E-state index in [-0.39, 0.29) is 0 Å². The number of primary amides is 1. The Morgan fingerprint density at radius 1 is 1.69 bits per heavy atom. The zero-order valence-electron chi connectivity index (χ0n) is 10.2. The number of carbonyl (C=O) groups excluding carboxylic acids is 1. The van der Waals surface area contributed by atoms with Gasteiger partial charge in [0.1, 0.15) is 6.61 Å². The van der Waals surface area contributed by atoms with Crippen molar-refractivity contribution in [2.75, 3.05) is 33.3 Å². The maximum atomic E-state index is 10.4. The third-order valence-corrected chi connectivity index (χ3v) is 3.18. The van der Waals surface area contributed by atoms with Crippen molar-refractivity contribution in [2.45, 2.75) is 25.8 Å². The zero-order valence-corrected chi connectivity index (χ0v) is 10.2. The van der Waals surface area contributed by atoms with Gasteiger partial charge in [-0.25, -0.2) is 4.79 Å². The molecule has 1 aliphatic rings. The summed E-state index contributed by atoms with van der Waals surface area (Å²) >= 11 is 0. The molecule has 0 bridgehead atoms. The van der Waals surface area contributed by atoms with Crippen molar-refractivity contribution >= 4 is 6.09 Å². The minimum atomic E-state index is -0.702. The Labute approximate surface area is 97.3 Å². The number of amides is 1.